The minimum Gasteiger partial charge on any atom is -0.356 e. The Balaban J connectivity index is 1.99. The summed E-state index contributed by atoms with van der Waals surface area (Å²) in [6, 6.07) is 7.52. The van der Waals surface area contributed by atoms with Crippen LogP contribution in [0.5, 0.6) is 0 Å². The van der Waals surface area contributed by atoms with Crippen LogP contribution in [0.3, 0.4) is 0 Å². The number of carbonyl (C=O) groups is 1. The minimum atomic E-state index is 0.0253. The lowest BCUT2D eigenvalue weighted by Gasteiger charge is -2.00. The second-order valence-corrected chi connectivity index (χ2v) is 3.98. The summed E-state index contributed by atoms with van der Waals surface area (Å²) in [7, 11) is 0. The molecule has 0 atom stereocenters. The maximum absolute atomic E-state index is 11.2. The molecule has 1 aromatic carbocycles. The van der Waals surface area contributed by atoms with E-state index in [1.165, 1.54) is 0 Å². The van der Waals surface area contributed by atoms with Crippen molar-refractivity contribution in [2.45, 2.75) is 13.0 Å². The zero-order valence-corrected chi connectivity index (χ0v) is 9.06. The fourth-order valence-electron chi connectivity index (χ4n) is 1.93. The van der Waals surface area contributed by atoms with Gasteiger partial charge < -0.3 is 15.6 Å². The predicted molar refractivity (Wildman–Crippen MR) is 62.2 cm³/mol. The van der Waals surface area contributed by atoms with Gasteiger partial charge in [0.25, 0.3) is 0 Å². The molecule has 17 heavy (non-hydrogen) atoms. The number of hydrogen-bond donors (Lipinski definition) is 2. The van der Waals surface area contributed by atoms with E-state index >= 15 is 0 Å². The van der Waals surface area contributed by atoms with Crippen LogP contribution in [-0.2, 0) is 17.8 Å². The van der Waals surface area contributed by atoms with Gasteiger partial charge in [-0.2, -0.15) is 0 Å². The maximum Gasteiger partial charge on any atom is 0.228 e. The lowest BCUT2D eigenvalue weighted by Crippen LogP contribution is -2.03. The Kier molecular flexibility index (Phi) is 2.19. The molecule has 0 bridgehead atoms. The van der Waals surface area contributed by atoms with Gasteiger partial charge in [-0.15, -0.1) is 0 Å². The quantitative estimate of drug-likeness (QED) is 0.813. The summed E-state index contributed by atoms with van der Waals surface area (Å²) in [6.45, 7) is 0.356. The Hall–Kier alpha value is -2.14. The first-order chi connectivity index (χ1) is 8.26. The number of amides is 1. The first-order valence-corrected chi connectivity index (χ1v) is 5.35. The highest BCUT2D eigenvalue weighted by Crippen LogP contribution is 2.29. The molecule has 0 saturated carbocycles. The SMILES string of the molecule is NCc1cc(-c2ccc3c(c2)CC(=O)N3)on1. The third kappa shape index (κ3) is 1.70. The number of hydrogen-bond acceptors (Lipinski definition) is 4. The van der Waals surface area contributed by atoms with Crippen molar-refractivity contribution in [2.75, 3.05) is 5.32 Å². The molecule has 0 spiro atoms. The van der Waals surface area contributed by atoms with Crippen molar-refractivity contribution in [3.05, 3.63) is 35.5 Å². The molecule has 2 heterocycles. The lowest BCUT2D eigenvalue weighted by molar-refractivity contribution is -0.115. The monoisotopic (exact) mass is 229 g/mol. The Morgan fingerprint density at radius 2 is 2.29 bits per heavy atom. The van der Waals surface area contributed by atoms with Crippen LogP contribution in [0.2, 0.25) is 0 Å². The van der Waals surface area contributed by atoms with Gasteiger partial charge in [0, 0.05) is 23.9 Å². The average molecular weight is 229 g/mol. The molecule has 5 heteroatoms. The third-order valence-corrected chi connectivity index (χ3v) is 2.78. The van der Waals surface area contributed by atoms with E-state index in [2.05, 4.69) is 10.5 Å². The van der Waals surface area contributed by atoms with E-state index in [4.69, 9.17) is 10.3 Å². The number of fused-ring (bicyclic) bond motifs is 1. The summed E-state index contributed by atoms with van der Waals surface area (Å²) in [5.74, 6) is 0.699. The number of nitrogens with one attached hydrogen (secondary N) is 1. The number of nitrogens with zero attached hydrogens (tertiary/aromatic N) is 1. The zero-order chi connectivity index (χ0) is 11.8. The van der Waals surface area contributed by atoms with Crippen LogP contribution >= 0.6 is 0 Å². The van der Waals surface area contributed by atoms with Gasteiger partial charge in [0.05, 0.1) is 12.1 Å². The van der Waals surface area contributed by atoms with Crippen molar-refractivity contribution >= 4 is 11.6 Å². The average Bonchev–Trinajstić information content (AvgIpc) is 2.92. The molecule has 3 N–H and O–H groups in total. The Morgan fingerprint density at radius 1 is 1.41 bits per heavy atom. The molecular formula is C12H11N3O2. The Morgan fingerprint density at radius 3 is 3.06 bits per heavy atom. The van der Waals surface area contributed by atoms with Crippen molar-refractivity contribution in [3.8, 4) is 11.3 Å². The molecule has 0 fully saturated rings. The van der Waals surface area contributed by atoms with Crippen LogP contribution in [0.15, 0.2) is 28.8 Å². The van der Waals surface area contributed by atoms with E-state index in [0.29, 0.717) is 18.7 Å². The van der Waals surface area contributed by atoms with Crippen molar-refractivity contribution in [2.24, 2.45) is 5.73 Å². The second-order valence-electron chi connectivity index (χ2n) is 3.98. The normalized spacial score (nSPS) is 13.6. The van der Waals surface area contributed by atoms with Gasteiger partial charge in [0.1, 0.15) is 0 Å². The highest BCUT2D eigenvalue weighted by molar-refractivity contribution is 5.99. The molecule has 0 saturated heterocycles. The van der Waals surface area contributed by atoms with Crippen molar-refractivity contribution in [1.29, 1.82) is 0 Å². The molecule has 1 aliphatic heterocycles. The van der Waals surface area contributed by atoms with Crippen LogP contribution in [0, 0.1) is 0 Å². The lowest BCUT2D eigenvalue weighted by atomic mass is 10.1. The summed E-state index contributed by atoms with van der Waals surface area (Å²) >= 11 is 0. The summed E-state index contributed by atoms with van der Waals surface area (Å²) < 4.78 is 5.19. The van der Waals surface area contributed by atoms with E-state index in [1.54, 1.807) is 0 Å². The van der Waals surface area contributed by atoms with Crippen LogP contribution in [-0.4, -0.2) is 11.1 Å². The number of benzene rings is 1. The molecule has 2 aromatic rings. The standard InChI is InChI=1S/C12H11N3O2/c13-6-9-5-11(17-15-9)7-1-2-10-8(3-7)4-12(16)14-10/h1-3,5H,4,6,13H2,(H,14,16). The molecule has 0 aliphatic carbocycles. The first-order valence-electron chi connectivity index (χ1n) is 5.35. The summed E-state index contributed by atoms with van der Waals surface area (Å²) in [6.07, 6.45) is 0.418. The van der Waals surface area contributed by atoms with Gasteiger partial charge in [0.2, 0.25) is 5.91 Å². The van der Waals surface area contributed by atoms with E-state index in [9.17, 15) is 4.79 Å². The van der Waals surface area contributed by atoms with Crippen molar-refractivity contribution < 1.29 is 9.32 Å². The summed E-state index contributed by atoms with van der Waals surface area (Å²) in [5.41, 5.74) is 8.96. The van der Waals surface area contributed by atoms with Gasteiger partial charge >= 0.3 is 0 Å². The van der Waals surface area contributed by atoms with Crippen LogP contribution < -0.4 is 11.1 Å². The zero-order valence-electron chi connectivity index (χ0n) is 9.06. The summed E-state index contributed by atoms with van der Waals surface area (Å²) in [4.78, 5) is 11.2. The van der Waals surface area contributed by atoms with Crippen LogP contribution in [0.1, 0.15) is 11.3 Å². The molecule has 1 aliphatic rings. The fraction of sp³-hybridized carbons (Fsp3) is 0.167. The van der Waals surface area contributed by atoms with Gasteiger partial charge in [-0.05, 0) is 23.8 Å². The van der Waals surface area contributed by atoms with Crippen LogP contribution in [0.25, 0.3) is 11.3 Å². The number of rotatable bonds is 2. The minimum absolute atomic E-state index is 0.0253. The highest BCUT2D eigenvalue weighted by Gasteiger charge is 2.18. The Labute approximate surface area is 97.6 Å². The third-order valence-electron chi connectivity index (χ3n) is 2.78. The molecule has 0 unspecified atom stereocenters. The van der Waals surface area contributed by atoms with E-state index in [-0.39, 0.29) is 5.91 Å². The topological polar surface area (TPSA) is 81.2 Å². The molecule has 3 rings (SSSR count). The highest BCUT2D eigenvalue weighted by atomic mass is 16.5. The molecule has 5 nitrogen and oxygen atoms in total. The predicted octanol–water partition coefficient (Wildman–Crippen LogP) is 1.29. The number of anilines is 1. The summed E-state index contributed by atoms with van der Waals surface area (Å²) in [5, 5.41) is 6.62. The number of aromatic nitrogens is 1. The Bertz CT molecular complexity index is 589. The van der Waals surface area contributed by atoms with Crippen molar-refractivity contribution in [1.82, 2.24) is 5.16 Å². The molecule has 1 aromatic heterocycles. The molecule has 86 valence electrons. The maximum atomic E-state index is 11.2. The second kappa shape index (κ2) is 3.71. The van der Waals surface area contributed by atoms with Gasteiger partial charge in [-0.1, -0.05) is 5.16 Å². The number of nitrogens with two attached hydrogens (primary N) is 1. The first kappa shape index (κ1) is 10.0. The molecule has 1 amide bonds. The van der Waals surface area contributed by atoms with Crippen LogP contribution in [0.4, 0.5) is 5.69 Å². The molecular weight excluding hydrogens is 218 g/mol. The van der Waals surface area contributed by atoms with Gasteiger partial charge in [0.15, 0.2) is 5.76 Å². The van der Waals surface area contributed by atoms with Gasteiger partial charge in [-0.3, -0.25) is 4.79 Å². The van der Waals surface area contributed by atoms with E-state index in [0.717, 1.165) is 22.5 Å². The van der Waals surface area contributed by atoms with E-state index < -0.39 is 0 Å². The largest absolute Gasteiger partial charge is 0.356 e. The van der Waals surface area contributed by atoms with Crippen molar-refractivity contribution in [3.63, 3.8) is 0 Å². The smallest absolute Gasteiger partial charge is 0.228 e. The van der Waals surface area contributed by atoms with E-state index in [1.807, 2.05) is 24.3 Å². The van der Waals surface area contributed by atoms with Gasteiger partial charge in [-0.25, -0.2) is 0 Å². The molecule has 0 radical (unpaired) electrons. The fourth-order valence-corrected chi connectivity index (χ4v) is 1.93. The number of carbonyl (C=O) groups excluding carboxylic acids is 1.